The van der Waals surface area contributed by atoms with E-state index in [0.717, 1.165) is 31.2 Å². The molecule has 1 aromatic heterocycles. The van der Waals surface area contributed by atoms with Crippen molar-refractivity contribution in [1.29, 1.82) is 0 Å². The van der Waals surface area contributed by atoms with E-state index in [2.05, 4.69) is 20.8 Å². The molecular formula is C14H19ClO2S. The minimum Gasteiger partial charge on any atom is -0.478 e. The van der Waals surface area contributed by atoms with Gasteiger partial charge in [-0.1, -0.05) is 38.8 Å². The number of fused-ring (bicyclic) bond motifs is 1. The van der Waals surface area contributed by atoms with Gasteiger partial charge in [0.15, 0.2) is 0 Å². The van der Waals surface area contributed by atoms with Crippen LogP contribution in [0, 0.1) is 11.3 Å². The fraction of sp³-hybridized carbons (Fsp3) is 0.643. The van der Waals surface area contributed by atoms with Crippen LogP contribution in [0.5, 0.6) is 0 Å². The molecule has 1 heterocycles. The van der Waals surface area contributed by atoms with Crippen molar-refractivity contribution in [2.45, 2.75) is 46.5 Å². The highest BCUT2D eigenvalue weighted by Gasteiger charge is 2.34. The van der Waals surface area contributed by atoms with Crippen LogP contribution < -0.4 is 0 Å². The molecule has 0 aromatic carbocycles. The van der Waals surface area contributed by atoms with E-state index >= 15 is 0 Å². The molecule has 0 aliphatic heterocycles. The van der Waals surface area contributed by atoms with Crippen molar-refractivity contribution >= 4 is 28.9 Å². The summed E-state index contributed by atoms with van der Waals surface area (Å²) in [5, 5.41) is 9.20. The van der Waals surface area contributed by atoms with Crippen molar-refractivity contribution < 1.29 is 9.90 Å². The molecule has 0 bridgehead atoms. The molecule has 100 valence electrons. The molecule has 4 heteroatoms. The Morgan fingerprint density at radius 2 is 2.22 bits per heavy atom. The van der Waals surface area contributed by atoms with Crippen LogP contribution in [-0.4, -0.2) is 11.1 Å². The maximum absolute atomic E-state index is 11.2. The van der Waals surface area contributed by atoms with E-state index in [0.29, 0.717) is 21.2 Å². The first kappa shape index (κ1) is 13.9. The predicted molar refractivity (Wildman–Crippen MR) is 75.9 cm³/mol. The van der Waals surface area contributed by atoms with Crippen LogP contribution in [0.15, 0.2) is 0 Å². The van der Waals surface area contributed by atoms with Crippen LogP contribution in [0.3, 0.4) is 0 Å². The Balaban J connectivity index is 2.32. The maximum Gasteiger partial charge on any atom is 0.338 e. The first-order chi connectivity index (χ1) is 8.36. The Bertz CT molecular complexity index is 476. The summed E-state index contributed by atoms with van der Waals surface area (Å²) in [7, 11) is 0. The van der Waals surface area contributed by atoms with Crippen molar-refractivity contribution in [3.8, 4) is 0 Å². The van der Waals surface area contributed by atoms with Gasteiger partial charge in [-0.15, -0.1) is 11.3 Å². The first-order valence-corrected chi connectivity index (χ1v) is 7.59. The fourth-order valence-electron chi connectivity index (χ4n) is 2.72. The van der Waals surface area contributed by atoms with Gasteiger partial charge in [0.05, 0.1) is 5.56 Å². The van der Waals surface area contributed by atoms with Gasteiger partial charge in [0, 0.05) is 4.88 Å². The monoisotopic (exact) mass is 286 g/mol. The summed E-state index contributed by atoms with van der Waals surface area (Å²) in [4.78, 5) is 12.4. The standard InChI is InChI=1S/C14H19ClO2S/c1-4-14(2,3)8-5-6-9-10(7-8)18-12(15)11(9)13(16)17/h8H,4-7H2,1-3H3,(H,16,17). The predicted octanol–water partition coefficient (Wildman–Crippen LogP) is 4.64. The van der Waals surface area contributed by atoms with Crippen molar-refractivity contribution in [2.75, 3.05) is 0 Å². The summed E-state index contributed by atoms with van der Waals surface area (Å²) >= 11 is 7.52. The zero-order valence-electron chi connectivity index (χ0n) is 11.0. The van der Waals surface area contributed by atoms with Gasteiger partial charge in [-0.05, 0) is 36.2 Å². The second-order valence-corrected chi connectivity index (χ2v) is 7.45. The molecule has 0 fully saturated rings. The van der Waals surface area contributed by atoms with Crippen molar-refractivity contribution in [2.24, 2.45) is 11.3 Å². The van der Waals surface area contributed by atoms with Crippen LogP contribution in [-0.2, 0) is 12.8 Å². The molecule has 1 atom stereocenters. The lowest BCUT2D eigenvalue weighted by atomic mass is 9.69. The number of hydrogen-bond acceptors (Lipinski definition) is 2. The van der Waals surface area contributed by atoms with E-state index in [1.54, 1.807) is 0 Å². The number of hydrogen-bond donors (Lipinski definition) is 1. The number of carbonyl (C=O) groups is 1. The molecule has 0 saturated heterocycles. The van der Waals surface area contributed by atoms with Crippen LogP contribution in [0.4, 0.5) is 0 Å². The van der Waals surface area contributed by atoms with E-state index in [9.17, 15) is 9.90 Å². The van der Waals surface area contributed by atoms with E-state index in [4.69, 9.17) is 11.6 Å². The zero-order chi connectivity index (χ0) is 13.5. The molecule has 1 aliphatic carbocycles. The van der Waals surface area contributed by atoms with Crippen LogP contribution in [0.1, 0.15) is 54.4 Å². The largest absolute Gasteiger partial charge is 0.478 e. The molecule has 2 rings (SSSR count). The van der Waals surface area contributed by atoms with Crippen molar-refractivity contribution in [3.05, 3.63) is 20.3 Å². The first-order valence-electron chi connectivity index (χ1n) is 6.40. The van der Waals surface area contributed by atoms with Gasteiger partial charge in [-0.25, -0.2) is 4.79 Å². The fourth-order valence-corrected chi connectivity index (χ4v) is 4.34. The normalized spacial score (nSPS) is 19.7. The molecule has 2 nitrogen and oxygen atoms in total. The maximum atomic E-state index is 11.2. The molecule has 1 N–H and O–H groups in total. The third-order valence-electron chi connectivity index (χ3n) is 4.45. The lowest BCUT2D eigenvalue weighted by Crippen LogP contribution is -2.28. The highest BCUT2D eigenvalue weighted by Crippen LogP contribution is 2.45. The molecule has 1 unspecified atom stereocenters. The molecule has 0 radical (unpaired) electrons. The van der Waals surface area contributed by atoms with Crippen molar-refractivity contribution in [3.63, 3.8) is 0 Å². The molecule has 0 amide bonds. The number of carboxylic acids is 1. The molecule has 1 aliphatic rings. The second-order valence-electron chi connectivity index (χ2n) is 5.74. The number of thiophene rings is 1. The lowest BCUT2D eigenvalue weighted by Gasteiger charge is -2.36. The van der Waals surface area contributed by atoms with Crippen molar-refractivity contribution in [1.82, 2.24) is 0 Å². The van der Waals surface area contributed by atoms with Gasteiger partial charge < -0.3 is 5.11 Å². The summed E-state index contributed by atoms with van der Waals surface area (Å²) in [6, 6.07) is 0. The van der Waals surface area contributed by atoms with Gasteiger partial charge >= 0.3 is 5.97 Å². The van der Waals surface area contributed by atoms with Gasteiger partial charge in [0.1, 0.15) is 4.34 Å². The number of aromatic carboxylic acids is 1. The van der Waals surface area contributed by atoms with E-state index in [-0.39, 0.29) is 0 Å². The smallest absolute Gasteiger partial charge is 0.338 e. The van der Waals surface area contributed by atoms with Gasteiger partial charge in [0.2, 0.25) is 0 Å². The van der Waals surface area contributed by atoms with Crippen LogP contribution >= 0.6 is 22.9 Å². The molecule has 18 heavy (non-hydrogen) atoms. The Hall–Kier alpha value is -0.540. The highest BCUT2D eigenvalue weighted by atomic mass is 35.5. The SMILES string of the molecule is CCC(C)(C)C1CCc2c(sc(Cl)c2C(=O)O)C1. The summed E-state index contributed by atoms with van der Waals surface area (Å²) in [5.41, 5.74) is 1.66. The zero-order valence-corrected chi connectivity index (χ0v) is 12.6. The van der Waals surface area contributed by atoms with Gasteiger partial charge in [-0.2, -0.15) is 0 Å². The minimum absolute atomic E-state index is 0.317. The third kappa shape index (κ3) is 2.30. The Labute approximate surface area is 117 Å². The van der Waals surface area contributed by atoms with E-state index in [1.807, 2.05) is 0 Å². The topological polar surface area (TPSA) is 37.3 Å². The lowest BCUT2D eigenvalue weighted by molar-refractivity contribution is 0.0695. The second kappa shape index (κ2) is 4.86. The third-order valence-corrected chi connectivity index (χ3v) is 5.92. The van der Waals surface area contributed by atoms with Crippen LogP contribution in [0.25, 0.3) is 0 Å². The number of carboxylic acid groups (broad SMARTS) is 1. The molecule has 1 aromatic rings. The average Bonchev–Trinajstić information content (AvgIpc) is 2.63. The summed E-state index contributed by atoms with van der Waals surface area (Å²) in [6.45, 7) is 6.82. The molecule has 0 spiro atoms. The van der Waals surface area contributed by atoms with Crippen LogP contribution in [0.2, 0.25) is 4.34 Å². The average molecular weight is 287 g/mol. The minimum atomic E-state index is -0.884. The Kier molecular flexibility index (Phi) is 3.75. The summed E-state index contributed by atoms with van der Waals surface area (Å²) in [5.74, 6) is -0.253. The number of rotatable bonds is 3. The quantitative estimate of drug-likeness (QED) is 0.879. The Morgan fingerprint density at radius 1 is 1.56 bits per heavy atom. The summed E-state index contributed by atoms with van der Waals surface area (Å²) in [6.07, 6.45) is 4.06. The molecule has 0 saturated carbocycles. The van der Waals surface area contributed by atoms with Gasteiger partial charge in [-0.3, -0.25) is 0 Å². The Morgan fingerprint density at radius 3 is 2.78 bits per heavy atom. The number of halogens is 1. The van der Waals surface area contributed by atoms with Gasteiger partial charge in [0.25, 0.3) is 0 Å². The molecular weight excluding hydrogens is 268 g/mol. The van der Waals surface area contributed by atoms with E-state index in [1.165, 1.54) is 16.2 Å². The highest BCUT2D eigenvalue weighted by molar-refractivity contribution is 7.16. The van der Waals surface area contributed by atoms with E-state index < -0.39 is 5.97 Å². The summed E-state index contributed by atoms with van der Waals surface area (Å²) < 4.78 is 0.447.